The largest absolute Gasteiger partial charge is 0.390 e. The van der Waals surface area contributed by atoms with E-state index in [1.807, 2.05) is 13.0 Å². The third-order valence-corrected chi connectivity index (χ3v) is 2.92. The molecule has 2 heterocycles. The highest BCUT2D eigenvalue weighted by Crippen LogP contribution is 2.24. The molecule has 0 aliphatic heterocycles. The third kappa shape index (κ3) is 3.47. The number of nitrogens with one attached hydrogen (secondary N) is 1. The van der Waals surface area contributed by atoms with Gasteiger partial charge in [-0.3, -0.25) is 0 Å². The van der Waals surface area contributed by atoms with Gasteiger partial charge < -0.3 is 9.88 Å². The SMILES string of the molecule is CCNCc1cn(CCC(F)(F)F)c2ncccc12. The number of aromatic nitrogens is 2. The first-order chi connectivity index (χ1) is 9.01. The molecule has 0 amide bonds. The summed E-state index contributed by atoms with van der Waals surface area (Å²) in [6.45, 7) is 3.34. The first-order valence-electron chi connectivity index (χ1n) is 6.21. The molecule has 3 nitrogen and oxygen atoms in total. The molecule has 19 heavy (non-hydrogen) atoms. The molecule has 2 aromatic heterocycles. The second-order valence-electron chi connectivity index (χ2n) is 4.37. The summed E-state index contributed by atoms with van der Waals surface area (Å²) in [5.74, 6) is 0. The topological polar surface area (TPSA) is 29.9 Å². The van der Waals surface area contributed by atoms with E-state index in [0.717, 1.165) is 17.5 Å². The lowest BCUT2D eigenvalue weighted by molar-refractivity contribution is -0.136. The molecule has 0 aliphatic rings. The minimum absolute atomic E-state index is 0.0941. The van der Waals surface area contributed by atoms with Gasteiger partial charge in [0, 0.05) is 30.9 Å². The molecule has 0 aromatic carbocycles. The number of fused-ring (bicyclic) bond motifs is 1. The molecule has 0 bridgehead atoms. The molecule has 0 radical (unpaired) electrons. The highest BCUT2D eigenvalue weighted by molar-refractivity contribution is 5.80. The summed E-state index contributed by atoms with van der Waals surface area (Å²) in [6.07, 6.45) is -1.63. The molecule has 0 unspecified atom stereocenters. The normalized spacial score (nSPS) is 12.2. The van der Waals surface area contributed by atoms with Gasteiger partial charge in [0.05, 0.1) is 6.42 Å². The Kier molecular flexibility index (Phi) is 4.09. The van der Waals surface area contributed by atoms with E-state index in [0.29, 0.717) is 12.2 Å². The standard InChI is InChI=1S/C13H16F3N3/c1-2-17-8-10-9-19(7-5-13(14,15)16)12-11(10)4-3-6-18-12/h3-4,6,9,17H,2,5,7-8H2,1H3. The summed E-state index contributed by atoms with van der Waals surface area (Å²) < 4.78 is 38.5. The predicted octanol–water partition coefficient (Wildman–Crippen LogP) is 3.10. The number of aryl methyl sites for hydroxylation is 1. The van der Waals surface area contributed by atoms with Gasteiger partial charge in [-0.25, -0.2) is 4.98 Å². The molecular formula is C13H16F3N3. The number of alkyl halides is 3. The maximum atomic E-state index is 12.3. The molecule has 6 heteroatoms. The Bertz CT molecular complexity index is 546. The van der Waals surface area contributed by atoms with Crippen LogP contribution in [0.3, 0.4) is 0 Å². The monoisotopic (exact) mass is 271 g/mol. The number of nitrogens with zero attached hydrogens (tertiary/aromatic N) is 2. The van der Waals surface area contributed by atoms with Gasteiger partial charge in [0.25, 0.3) is 0 Å². The van der Waals surface area contributed by atoms with Crippen molar-refractivity contribution < 1.29 is 13.2 Å². The average molecular weight is 271 g/mol. The van der Waals surface area contributed by atoms with Crippen molar-refractivity contribution in [1.82, 2.24) is 14.9 Å². The number of rotatable bonds is 5. The summed E-state index contributed by atoms with van der Waals surface area (Å²) >= 11 is 0. The molecule has 0 atom stereocenters. The lowest BCUT2D eigenvalue weighted by Crippen LogP contribution is -2.12. The Morgan fingerprint density at radius 2 is 2.16 bits per heavy atom. The highest BCUT2D eigenvalue weighted by atomic mass is 19.4. The van der Waals surface area contributed by atoms with E-state index in [2.05, 4.69) is 10.3 Å². The molecule has 0 saturated carbocycles. The average Bonchev–Trinajstić information content (AvgIpc) is 2.72. The highest BCUT2D eigenvalue weighted by Gasteiger charge is 2.27. The maximum Gasteiger partial charge on any atom is 0.390 e. The third-order valence-electron chi connectivity index (χ3n) is 2.92. The van der Waals surface area contributed by atoms with Crippen LogP contribution in [0.5, 0.6) is 0 Å². The van der Waals surface area contributed by atoms with E-state index in [1.165, 1.54) is 0 Å². The van der Waals surface area contributed by atoms with Gasteiger partial charge in [0.15, 0.2) is 0 Å². The Morgan fingerprint density at radius 3 is 2.84 bits per heavy atom. The fourth-order valence-corrected chi connectivity index (χ4v) is 2.01. The zero-order valence-corrected chi connectivity index (χ0v) is 10.7. The van der Waals surface area contributed by atoms with Gasteiger partial charge >= 0.3 is 6.18 Å². The molecule has 104 valence electrons. The van der Waals surface area contributed by atoms with Crippen LogP contribution in [0.4, 0.5) is 13.2 Å². The Balaban J connectivity index is 2.28. The van der Waals surface area contributed by atoms with Crippen molar-refractivity contribution in [3.8, 4) is 0 Å². The second kappa shape index (κ2) is 5.61. The fraction of sp³-hybridized carbons (Fsp3) is 0.462. The van der Waals surface area contributed by atoms with Crippen molar-refractivity contribution in [2.75, 3.05) is 6.54 Å². The quantitative estimate of drug-likeness (QED) is 0.905. The van der Waals surface area contributed by atoms with E-state index >= 15 is 0 Å². The lowest BCUT2D eigenvalue weighted by Gasteiger charge is -2.07. The van der Waals surface area contributed by atoms with Crippen LogP contribution in [0.1, 0.15) is 18.9 Å². The zero-order chi connectivity index (χ0) is 13.9. The van der Waals surface area contributed by atoms with Crippen molar-refractivity contribution >= 4 is 11.0 Å². The zero-order valence-electron chi connectivity index (χ0n) is 10.7. The summed E-state index contributed by atoms with van der Waals surface area (Å²) in [6, 6.07) is 3.69. The summed E-state index contributed by atoms with van der Waals surface area (Å²) in [4.78, 5) is 4.18. The Morgan fingerprint density at radius 1 is 1.37 bits per heavy atom. The van der Waals surface area contributed by atoms with Crippen LogP contribution in [0.25, 0.3) is 11.0 Å². The second-order valence-corrected chi connectivity index (χ2v) is 4.37. The molecule has 1 N–H and O–H groups in total. The van der Waals surface area contributed by atoms with Crippen LogP contribution < -0.4 is 5.32 Å². The van der Waals surface area contributed by atoms with Crippen LogP contribution in [0.15, 0.2) is 24.5 Å². The molecule has 0 saturated heterocycles. The van der Waals surface area contributed by atoms with Crippen LogP contribution in [-0.2, 0) is 13.1 Å². The van der Waals surface area contributed by atoms with Crippen LogP contribution in [0.2, 0.25) is 0 Å². The first kappa shape index (κ1) is 13.9. The number of hydrogen-bond acceptors (Lipinski definition) is 2. The summed E-state index contributed by atoms with van der Waals surface area (Å²) in [5, 5.41) is 4.09. The molecule has 0 spiro atoms. The van der Waals surface area contributed by atoms with Crippen molar-refractivity contribution in [3.05, 3.63) is 30.1 Å². The van der Waals surface area contributed by atoms with Gasteiger partial charge in [0.2, 0.25) is 0 Å². The molecular weight excluding hydrogens is 255 g/mol. The van der Waals surface area contributed by atoms with Crippen LogP contribution >= 0.6 is 0 Å². The molecule has 2 aromatic rings. The number of halogens is 3. The molecule has 0 aliphatic carbocycles. The molecule has 0 fully saturated rings. The minimum atomic E-state index is -4.15. The van der Waals surface area contributed by atoms with Gasteiger partial charge in [-0.05, 0) is 24.2 Å². The van der Waals surface area contributed by atoms with Crippen LogP contribution in [0, 0.1) is 0 Å². The number of pyridine rings is 1. The molecule has 2 rings (SSSR count). The van der Waals surface area contributed by atoms with Crippen molar-refractivity contribution in [2.45, 2.75) is 32.6 Å². The Labute approximate surface area is 109 Å². The van der Waals surface area contributed by atoms with E-state index in [4.69, 9.17) is 0 Å². The summed E-state index contributed by atoms with van der Waals surface area (Å²) in [5.41, 5.74) is 1.59. The van der Waals surface area contributed by atoms with Crippen molar-refractivity contribution in [2.24, 2.45) is 0 Å². The van der Waals surface area contributed by atoms with Gasteiger partial charge in [-0.1, -0.05) is 6.92 Å². The van der Waals surface area contributed by atoms with E-state index in [1.54, 1.807) is 23.0 Å². The van der Waals surface area contributed by atoms with E-state index in [-0.39, 0.29) is 6.54 Å². The lowest BCUT2D eigenvalue weighted by atomic mass is 10.2. The maximum absolute atomic E-state index is 12.3. The smallest absolute Gasteiger partial charge is 0.332 e. The number of hydrogen-bond donors (Lipinski definition) is 1. The first-order valence-corrected chi connectivity index (χ1v) is 6.21. The van der Waals surface area contributed by atoms with Gasteiger partial charge in [-0.2, -0.15) is 13.2 Å². The predicted molar refractivity (Wildman–Crippen MR) is 67.8 cm³/mol. The van der Waals surface area contributed by atoms with E-state index in [9.17, 15) is 13.2 Å². The van der Waals surface area contributed by atoms with Crippen LogP contribution in [-0.4, -0.2) is 22.3 Å². The van der Waals surface area contributed by atoms with E-state index < -0.39 is 12.6 Å². The minimum Gasteiger partial charge on any atom is -0.332 e. The van der Waals surface area contributed by atoms with Crippen molar-refractivity contribution in [3.63, 3.8) is 0 Å². The van der Waals surface area contributed by atoms with Gasteiger partial charge in [0.1, 0.15) is 5.65 Å². The fourth-order valence-electron chi connectivity index (χ4n) is 2.01. The Hall–Kier alpha value is -1.56. The van der Waals surface area contributed by atoms with Gasteiger partial charge in [-0.15, -0.1) is 0 Å². The summed E-state index contributed by atoms with van der Waals surface area (Å²) in [7, 11) is 0. The van der Waals surface area contributed by atoms with Crippen molar-refractivity contribution in [1.29, 1.82) is 0 Å².